The van der Waals surface area contributed by atoms with Crippen LogP contribution in [0.5, 0.6) is 5.75 Å². The lowest BCUT2D eigenvalue weighted by atomic mass is 10.0. The van der Waals surface area contributed by atoms with E-state index < -0.39 is 0 Å². The highest BCUT2D eigenvalue weighted by molar-refractivity contribution is 6.31. The summed E-state index contributed by atoms with van der Waals surface area (Å²) in [5.41, 5.74) is 1.48. The van der Waals surface area contributed by atoms with Gasteiger partial charge in [0, 0.05) is 29.2 Å². The second-order valence-corrected chi connectivity index (χ2v) is 7.92. The van der Waals surface area contributed by atoms with Gasteiger partial charge in [-0.3, -0.25) is 9.59 Å². The van der Waals surface area contributed by atoms with E-state index in [-0.39, 0.29) is 30.3 Å². The summed E-state index contributed by atoms with van der Waals surface area (Å²) in [7, 11) is 1.59. The van der Waals surface area contributed by atoms with Gasteiger partial charge in [0.15, 0.2) is 0 Å². The van der Waals surface area contributed by atoms with Crippen molar-refractivity contribution in [3.63, 3.8) is 0 Å². The molecule has 3 unspecified atom stereocenters. The highest BCUT2D eigenvalue weighted by atomic mass is 35.5. The Bertz CT molecular complexity index is 887. The molecule has 3 atom stereocenters. The number of rotatable bonds is 5. The summed E-state index contributed by atoms with van der Waals surface area (Å²) in [5.74, 6) is 1.04. The van der Waals surface area contributed by atoms with Crippen molar-refractivity contribution in [2.24, 2.45) is 5.92 Å². The van der Waals surface area contributed by atoms with Gasteiger partial charge in [0.25, 0.3) is 5.91 Å². The molecule has 1 N–H and O–H groups in total. The zero-order chi connectivity index (χ0) is 19.7. The first kappa shape index (κ1) is 18.8. The van der Waals surface area contributed by atoms with E-state index in [0.29, 0.717) is 28.8 Å². The second-order valence-electron chi connectivity index (χ2n) is 7.51. The van der Waals surface area contributed by atoms with Crippen LogP contribution >= 0.6 is 11.6 Å². The number of halogens is 1. The lowest BCUT2D eigenvalue weighted by molar-refractivity contribution is -0.132. The maximum atomic E-state index is 12.8. The maximum Gasteiger partial charge on any atom is 0.251 e. The monoisotopic (exact) mass is 398 g/mol. The predicted molar refractivity (Wildman–Crippen MR) is 108 cm³/mol. The molecule has 1 aliphatic heterocycles. The minimum absolute atomic E-state index is 0.0407. The van der Waals surface area contributed by atoms with Crippen LogP contribution in [-0.4, -0.2) is 42.5 Å². The Balaban J connectivity index is 1.35. The van der Waals surface area contributed by atoms with E-state index in [1.165, 1.54) is 0 Å². The maximum absolute atomic E-state index is 12.8. The number of likely N-dealkylation sites (tertiary alicyclic amines) is 1. The van der Waals surface area contributed by atoms with Crippen LogP contribution in [0.4, 0.5) is 0 Å². The molecule has 1 heterocycles. The fourth-order valence-electron chi connectivity index (χ4n) is 4.34. The van der Waals surface area contributed by atoms with E-state index in [1.54, 1.807) is 13.2 Å². The van der Waals surface area contributed by atoms with Crippen molar-refractivity contribution in [1.82, 2.24) is 10.2 Å². The average molecular weight is 399 g/mol. The molecule has 2 aliphatic rings. The van der Waals surface area contributed by atoms with Gasteiger partial charge in [-0.05, 0) is 48.6 Å². The van der Waals surface area contributed by atoms with Gasteiger partial charge in [0.1, 0.15) is 5.75 Å². The molecule has 28 heavy (non-hydrogen) atoms. The first-order valence-electron chi connectivity index (χ1n) is 9.53. The number of hydrogen-bond acceptors (Lipinski definition) is 3. The molecule has 2 bridgehead atoms. The van der Waals surface area contributed by atoms with E-state index in [0.717, 1.165) is 18.4 Å². The van der Waals surface area contributed by atoms with Crippen molar-refractivity contribution in [3.8, 4) is 5.75 Å². The Hall–Kier alpha value is -2.53. The summed E-state index contributed by atoms with van der Waals surface area (Å²) in [5, 5.41) is 3.69. The fraction of sp³-hybridized carbons (Fsp3) is 0.364. The number of nitrogens with zero attached hydrogens (tertiary/aromatic N) is 1. The van der Waals surface area contributed by atoms with Gasteiger partial charge in [0.2, 0.25) is 5.91 Å². The molecule has 4 rings (SSSR count). The SMILES string of the molecule is COc1ccc(CC(=O)N2CC3CC2CC3NC(=O)c2ccccc2)c(Cl)c1. The third-order valence-electron chi connectivity index (χ3n) is 5.82. The minimum atomic E-state index is -0.0407. The Morgan fingerprint density at radius 3 is 2.61 bits per heavy atom. The zero-order valence-corrected chi connectivity index (χ0v) is 16.5. The number of nitrogens with one attached hydrogen (secondary N) is 1. The van der Waals surface area contributed by atoms with Crippen LogP contribution in [0, 0.1) is 5.92 Å². The van der Waals surface area contributed by atoms with Gasteiger partial charge < -0.3 is 15.0 Å². The molecule has 146 valence electrons. The lowest BCUT2D eigenvalue weighted by Crippen LogP contribution is -2.48. The van der Waals surface area contributed by atoms with Crippen LogP contribution in [-0.2, 0) is 11.2 Å². The Morgan fingerprint density at radius 2 is 1.96 bits per heavy atom. The molecule has 6 heteroatoms. The summed E-state index contributed by atoms with van der Waals surface area (Å²) in [6, 6.07) is 15.0. The standard InChI is InChI=1S/C22H23ClN2O3/c1-28-18-8-7-15(19(23)12-18)10-21(26)25-13-16-9-17(25)11-20(16)24-22(27)14-5-3-2-4-6-14/h2-8,12,16-17,20H,9-11,13H2,1H3,(H,24,27). The number of carbonyl (C=O) groups is 2. The van der Waals surface area contributed by atoms with Gasteiger partial charge in [-0.15, -0.1) is 0 Å². The fourth-order valence-corrected chi connectivity index (χ4v) is 4.58. The lowest BCUT2D eigenvalue weighted by Gasteiger charge is -2.32. The first-order valence-corrected chi connectivity index (χ1v) is 9.90. The van der Waals surface area contributed by atoms with Crippen molar-refractivity contribution >= 4 is 23.4 Å². The molecule has 5 nitrogen and oxygen atoms in total. The third-order valence-corrected chi connectivity index (χ3v) is 6.17. The molecule has 0 spiro atoms. The Labute approximate surface area is 169 Å². The van der Waals surface area contributed by atoms with Gasteiger partial charge >= 0.3 is 0 Å². The largest absolute Gasteiger partial charge is 0.497 e. The van der Waals surface area contributed by atoms with Crippen molar-refractivity contribution in [3.05, 3.63) is 64.7 Å². The first-order chi connectivity index (χ1) is 13.5. The van der Waals surface area contributed by atoms with E-state index in [2.05, 4.69) is 5.32 Å². The Kier molecular flexibility index (Phi) is 5.27. The van der Waals surface area contributed by atoms with Gasteiger partial charge in [-0.25, -0.2) is 0 Å². The zero-order valence-electron chi connectivity index (χ0n) is 15.7. The summed E-state index contributed by atoms with van der Waals surface area (Å²) in [6.07, 6.45) is 2.04. The topological polar surface area (TPSA) is 58.6 Å². The van der Waals surface area contributed by atoms with E-state index >= 15 is 0 Å². The second kappa shape index (κ2) is 7.84. The molecule has 1 aliphatic carbocycles. The number of fused-ring (bicyclic) bond motifs is 2. The normalized spacial score (nSPS) is 22.9. The van der Waals surface area contributed by atoms with E-state index in [9.17, 15) is 9.59 Å². The molecular weight excluding hydrogens is 376 g/mol. The van der Waals surface area contributed by atoms with Crippen LogP contribution in [0.15, 0.2) is 48.5 Å². The predicted octanol–water partition coefficient (Wildman–Crippen LogP) is 3.31. The number of ether oxygens (including phenoxy) is 1. The summed E-state index contributed by atoms with van der Waals surface area (Å²) >= 11 is 6.28. The summed E-state index contributed by atoms with van der Waals surface area (Å²) in [4.78, 5) is 27.2. The van der Waals surface area contributed by atoms with Crippen LogP contribution < -0.4 is 10.1 Å². The Morgan fingerprint density at radius 1 is 1.18 bits per heavy atom. The van der Waals surface area contributed by atoms with Crippen molar-refractivity contribution < 1.29 is 14.3 Å². The molecule has 1 saturated carbocycles. The number of hydrogen-bond donors (Lipinski definition) is 1. The molecule has 0 aromatic heterocycles. The number of amides is 2. The summed E-state index contributed by atoms with van der Waals surface area (Å²) in [6.45, 7) is 0.691. The number of benzene rings is 2. The number of methoxy groups -OCH3 is 1. The van der Waals surface area contributed by atoms with Crippen LogP contribution in [0.3, 0.4) is 0 Å². The molecule has 2 aromatic rings. The van der Waals surface area contributed by atoms with Crippen molar-refractivity contribution in [2.45, 2.75) is 31.3 Å². The van der Waals surface area contributed by atoms with Crippen molar-refractivity contribution in [2.75, 3.05) is 13.7 Å². The third kappa shape index (κ3) is 3.72. The molecule has 2 fully saturated rings. The van der Waals surface area contributed by atoms with Crippen LogP contribution in [0.2, 0.25) is 5.02 Å². The summed E-state index contributed by atoms with van der Waals surface area (Å²) < 4.78 is 5.16. The van der Waals surface area contributed by atoms with Gasteiger partial charge in [-0.1, -0.05) is 35.9 Å². The van der Waals surface area contributed by atoms with Gasteiger partial charge in [-0.2, -0.15) is 0 Å². The van der Waals surface area contributed by atoms with E-state index in [4.69, 9.17) is 16.3 Å². The quantitative estimate of drug-likeness (QED) is 0.840. The molecular formula is C22H23ClN2O3. The minimum Gasteiger partial charge on any atom is -0.497 e. The molecule has 1 saturated heterocycles. The highest BCUT2D eigenvalue weighted by Crippen LogP contribution is 2.38. The van der Waals surface area contributed by atoms with E-state index in [1.807, 2.05) is 47.4 Å². The van der Waals surface area contributed by atoms with Crippen LogP contribution in [0.1, 0.15) is 28.8 Å². The highest BCUT2D eigenvalue weighted by Gasteiger charge is 2.46. The van der Waals surface area contributed by atoms with Crippen LogP contribution in [0.25, 0.3) is 0 Å². The number of piperidine rings is 1. The average Bonchev–Trinajstić information content (AvgIpc) is 3.30. The van der Waals surface area contributed by atoms with Crippen molar-refractivity contribution in [1.29, 1.82) is 0 Å². The number of carbonyl (C=O) groups excluding carboxylic acids is 2. The van der Waals surface area contributed by atoms with Gasteiger partial charge in [0.05, 0.1) is 13.5 Å². The molecule has 2 amide bonds. The molecule has 0 radical (unpaired) electrons. The smallest absolute Gasteiger partial charge is 0.251 e. The molecule has 2 aromatic carbocycles.